The quantitative estimate of drug-likeness (QED) is 0.696. The Morgan fingerprint density at radius 3 is 2.50 bits per heavy atom. The zero-order valence-corrected chi connectivity index (χ0v) is 8.98. The van der Waals surface area contributed by atoms with E-state index >= 15 is 0 Å². The van der Waals surface area contributed by atoms with Gasteiger partial charge in [0.25, 0.3) is 0 Å². The molecule has 0 saturated carbocycles. The van der Waals surface area contributed by atoms with E-state index in [9.17, 15) is 13.2 Å². The minimum Gasteiger partial charge on any atom is -0.485 e. The third-order valence-electron chi connectivity index (χ3n) is 2.58. The maximum atomic E-state index is 12.6. The molecule has 0 aromatic heterocycles. The summed E-state index contributed by atoms with van der Waals surface area (Å²) in [6.45, 7) is 3.64. The van der Waals surface area contributed by atoms with Gasteiger partial charge < -0.3 is 10.5 Å². The Bertz CT molecular complexity index is 438. The van der Waals surface area contributed by atoms with Crippen LogP contribution in [0.5, 0.6) is 5.75 Å². The van der Waals surface area contributed by atoms with Crippen molar-refractivity contribution in [2.24, 2.45) is 0 Å². The highest BCUT2D eigenvalue weighted by molar-refractivity contribution is 5.65. The first kappa shape index (κ1) is 11.1. The fourth-order valence-corrected chi connectivity index (χ4v) is 1.92. The third-order valence-corrected chi connectivity index (χ3v) is 2.58. The first-order valence-corrected chi connectivity index (χ1v) is 4.88. The van der Waals surface area contributed by atoms with Crippen molar-refractivity contribution in [1.29, 1.82) is 0 Å². The monoisotopic (exact) mass is 231 g/mol. The first-order chi connectivity index (χ1) is 7.21. The van der Waals surface area contributed by atoms with Gasteiger partial charge in [0.2, 0.25) is 0 Å². The number of hydrogen-bond acceptors (Lipinski definition) is 2. The van der Waals surface area contributed by atoms with Gasteiger partial charge in [-0.2, -0.15) is 13.2 Å². The van der Waals surface area contributed by atoms with Gasteiger partial charge in [-0.25, -0.2) is 0 Å². The van der Waals surface area contributed by atoms with Gasteiger partial charge in [0.15, 0.2) is 0 Å². The van der Waals surface area contributed by atoms with Crippen LogP contribution in [0.25, 0.3) is 0 Å². The van der Waals surface area contributed by atoms with E-state index in [1.807, 2.05) is 13.8 Å². The Balaban J connectivity index is 2.52. The fraction of sp³-hybridized carbons (Fsp3) is 0.455. The number of hydrogen-bond donors (Lipinski definition) is 1. The van der Waals surface area contributed by atoms with Crippen molar-refractivity contribution in [2.45, 2.75) is 32.0 Å². The second-order valence-corrected chi connectivity index (χ2v) is 4.55. The molecule has 1 aliphatic heterocycles. The molecule has 0 radical (unpaired) electrons. The molecule has 0 saturated heterocycles. The number of benzene rings is 1. The van der Waals surface area contributed by atoms with Crippen LogP contribution in [0.15, 0.2) is 12.1 Å². The summed E-state index contributed by atoms with van der Waals surface area (Å²) in [5.41, 5.74) is 4.60. The maximum absolute atomic E-state index is 12.6. The molecule has 1 aromatic rings. The average Bonchev–Trinajstić information content (AvgIpc) is 2.38. The van der Waals surface area contributed by atoms with Crippen LogP contribution >= 0.6 is 0 Å². The van der Waals surface area contributed by atoms with Crippen LogP contribution in [0.4, 0.5) is 18.9 Å². The summed E-state index contributed by atoms with van der Waals surface area (Å²) >= 11 is 0. The van der Waals surface area contributed by atoms with Crippen molar-refractivity contribution in [3.05, 3.63) is 23.3 Å². The lowest BCUT2D eigenvalue weighted by Crippen LogP contribution is -2.25. The molecule has 5 heteroatoms. The van der Waals surface area contributed by atoms with Gasteiger partial charge in [0.05, 0.1) is 11.3 Å². The normalized spacial score (nSPS) is 18.1. The molecule has 88 valence electrons. The number of ether oxygens (including phenoxy) is 1. The van der Waals surface area contributed by atoms with Gasteiger partial charge in [-0.3, -0.25) is 0 Å². The predicted octanol–water partition coefficient (Wildman–Crippen LogP) is 3.00. The Morgan fingerprint density at radius 2 is 1.94 bits per heavy atom. The molecule has 1 heterocycles. The van der Waals surface area contributed by atoms with Crippen LogP contribution in [-0.4, -0.2) is 5.60 Å². The molecule has 0 aliphatic carbocycles. The number of alkyl halides is 3. The summed E-state index contributed by atoms with van der Waals surface area (Å²) in [6.07, 6.45) is -3.86. The molecule has 2 nitrogen and oxygen atoms in total. The maximum Gasteiger partial charge on any atom is 0.418 e. The second-order valence-electron chi connectivity index (χ2n) is 4.55. The van der Waals surface area contributed by atoms with Crippen LogP contribution in [0, 0.1) is 0 Å². The van der Waals surface area contributed by atoms with Crippen molar-refractivity contribution < 1.29 is 17.9 Å². The fourth-order valence-electron chi connectivity index (χ4n) is 1.92. The Kier molecular flexibility index (Phi) is 2.12. The van der Waals surface area contributed by atoms with Gasteiger partial charge in [-0.05, 0) is 19.9 Å². The number of anilines is 1. The van der Waals surface area contributed by atoms with Crippen molar-refractivity contribution >= 4 is 5.69 Å². The van der Waals surface area contributed by atoms with E-state index in [-0.39, 0.29) is 11.4 Å². The summed E-state index contributed by atoms with van der Waals surface area (Å²) in [7, 11) is 0. The van der Waals surface area contributed by atoms with Crippen molar-refractivity contribution in [2.75, 3.05) is 5.73 Å². The Hall–Kier alpha value is -1.39. The molecule has 1 aliphatic rings. The molecule has 0 atom stereocenters. The van der Waals surface area contributed by atoms with Crippen molar-refractivity contribution in [3.8, 4) is 5.75 Å². The minimum atomic E-state index is -4.44. The van der Waals surface area contributed by atoms with Crippen LogP contribution in [-0.2, 0) is 12.6 Å². The second kappa shape index (κ2) is 3.06. The zero-order chi connectivity index (χ0) is 12.1. The lowest BCUT2D eigenvalue weighted by atomic mass is 10.00. The standard InChI is InChI=1S/C11H12F3NO/c1-10(2)5-6-3-4-7(11(12,13)14)8(15)9(6)16-10/h3-4H,5,15H2,1-2H3. The topological polar surface area (TPSA) is 35.2 Å². The van der Waals surface area contributed by atoms with E-state index in [1.54, 1.807) is 0 Å². The van der Waals surface area contributed by atoms with Crippen LogP contribution in [0.2, 0.25) is 0 Å². The minimum absolute atomic E-state index is 0.180. The highest BCUT2D eigenvalue weighted by Gasteiger charge is 2.38. The molecule has 0 amide bonds. The molecular weight excluding hydrogens is 219 g/mol. The predicted molar refractivity (Wildman–Crippen MR) is 54.3 cm³/mol. The number of nitrogen functional groups attached to an aromatic ring is 1. The number of nitrogens with two attached hydrogens (primary N) is 1. The van der Waals surface area contributed by atoms with Crippen molar-refractivity contribution in [1.82, 2.24) is 0 Å². The molecule has 1 aromatic carbocycles. The summed E-state index contributed by atoms with van der Waals surface area (Å²) in [5, 5.41) is 0. The molecule has 2 N–H and O–H groups in total. The average molecular weight is 231 g/mol. The zero-order valence-electron chi connectivity index (χ0n) is 8.98. The molecule has 16 heavy (non-hydrogen) atoms. The summed E-state index contributed by atoms with van der Waals surface area (Å²) < 4.78 is 43.2. The summed E-state index contributed by atoms with van der Waals surface area (Å²) in [4.78, 5) is 0. The molecule has 0 bridgehead atoms. The van der Waals surface area contributed by atoms with E-state index in [4.69, 9.17) is 10.5 Å². The molecule has 2 rings (SSSR count). The highest BCUT2D eigenvalue weighted by atomic mass is 19.4. The van der Waals surface area contributed by atoms with Crippen LogP contribution in [0.3, 0.4) is 0 Å². The highest BCUT2D eigenvalue weighted by Crippen LogP contribution is 2.45. The summed E-state index contributed by atoms with van der Waals surface area (Å²) in [6, 6.07) is 2.45. The molecule has 0 unspecified atom stereocenters. The van der Waals surface area contributed by atoms with Gasteiger partial charge in [-0.15, -0.1) is 0 Å². The lowest BCUT2D eigenvalue weighted by Gasteiger charge is -2.18. The van der Waals surface area contributed by atoms with E-state index in [0.717, 1.165) is 11.6 Å². The SMILES string of the molecule is CC1(C)Cc2ccc(C(F)(F)F)c(N)c2O1. The molecule has 0 spiro atoms. The molecule has 0 fully saturated rings. The first-order valence-electron chi connectivity index (χ1n) is 4.88. The van der Waals surface area contributed by atoms with Crippen molar-refractivity contribution in [3.63, 3.8) is 0 Å². The van der Waals surface area contributed by atoms with Crippen LogP contribution in [0.1, 0.15) is 25.0 Å². The lowest BCUT2D eigenvalue weighted by molar-refractivity contribution is -0.137. The van der Waals surface area contributed by atoms with E-state index < -0.39 is 17.3 Å². The Morgan fingerprint density at radius 1 is 1.31 bits per heavy atom. The molecular formula is C11H12F3NO. The largest absolute Gasteiger partial charge is 0.485 e. The van der Waals surface area contributed by atoms with Gasteiger partial charge in [0.1, 0.15) is 11.4 Å². The van der Waals surface area contributed by atoms with Crippen LogP contribution < -0.4 is 10.5 Å². The van der Waals surface area contributed by atoms with E-state index in [1.165, 1.54) is 6.07 Å². The Labute approximate surface area is 91.2 Å². The number of halogens is 3. The number of fused-ring (bicyclic) bond motifs is 1. The third kappa shape index (κ3) is 1.70. The van der Waals surface area contributed by atoms with E-state index in [2.05, 4.69) is 0 Å². The van der Waals surface area contributed by atoms with E-state index in [0.29, 0.717) is 6.42 Å². The van der Waals surface area contributed by atoms with Gasteiger partial charge in [-0.1, -0.05) is 6.07 Å². The summed E-state index contributed by atoms with van der Waals surface area (Å²) in [5.74, 6) is 0.180. The smallest absolute Gasteiger partial charge is 0.418 e. The number of rotatable bonds is 0. The van der Waals surface area contributed by atoms with Gasteiger partial charge in [0, 0.05) is 12.0 Å². The van der Waals surface area contributed by atoms with Gasteiger partial charge >= 0.3 is 6.18 Å².